The van der Waals surface area contributed by atoms with Gasteiger partial charge in [0, 0.05) is 26.5 Å². The van der Waals surface area contributed by atoms with Crippen LogP contribution in [-0.4, -0.2) is 105 Å². The Kier molecular flexibility index (Phi) is 9.92. The van der Waals surface area contributed by atoms with Gasteiger partial charge in [-0.1, -0.05) is 54.6 Å². The number of esters is 1. The van der Waals surface area contributed by atoms with Crippen LogP contribution in [0.4, 0.5) is 9.59 Å². The number of aromatic amines is 1. The Morgan fingerprint density at radius 1 is 0.925 bits per heavy atom. The highest BCUT2D eigenvalue weighted by Gasteiger charge is 2.51. The van der Waals surface area contributed by atoms with Crippen molar-refractivity contribution in [3.63, 3.8) is 0 Å². The Balaban J connectivity index is 1.06. The number of amides is 1. The van der Waals surface area contributed by atoms with Crippen LogP contribution in [0.15, 0.2) is 66.7 Å². The van der Waals surface area contributed by atoms with E-state index in [1.807, 2.05) is 55.5 Å². The third-order valence-corrected chi connectivity index (χ3v) is 8.68. The van der Waals surface area contributed by atoms with Crippen molar-refractivity contribution < 1.29 is 47.5 Å². The summed E-state index contributed by atoms with van der Waals surface area (Å²) in [4.78, 5) is 43.0. The number of alkyl carbamates (subject to hydrolysis) is 1. The number of nitrogens with one attached hydrogen (secondary N) is 2. The van der Waals surface area contributed by atoms with Crippen LogP contribution in [0.25, 0.3) is 33.5 Å². The molecule has 5 aromatic rings. The quantitative estimate of drug-likeness (QED) is 0.111. The van der Waals surface area contributed by atoms with Gasteiger partial charge >= 0.3 is 18.2 Å². The van der Waals surface area contributed by atoms with E-state index < -0.39 is 48.4 Å². The zero-order valence-electron chi connectivity index (χ0n) is 29.3. The average molecular weight is 728 g/mol. The summed E-state index contributed by atoms with van der Waals surface area (Å²) in [7, 11) is 1.44. The second-order valence-electron chi connectivity index (χ2n) is 12.7. The smallest absolute Gasteiger partial charge is 0.465 e. The van der Waals surface area contributed by atoms with Gasteiger partial charge in [0.2, 0.25) is 5.82 Å². The highest BCUT2D eigenvalue weighted by Crippen LogP contribution is 2.33. The SMILES string of the molecule is CCOc1nc2cccc(C(=O)OC(C)(C)OC(=O)O[C@@H]3CO[C@H]4[C@@H]3OC[C@H]4OC(=O)NC)c2n1Cc1ccc(-c2ccccc2-c2nn[nH]n2)cc1. The number of ether oxygens (including phenoxy) is 7. The van der Waals surface area contributed by atoms with Gasteiger partial charge in [0.15, 0.2) is 12.2 Å². The predicted octanol–water partition coefficient (Wildman–Crippen LogP) is 4.27. The predicted molar refractivity (Wildman–Crippen MR) is 185 cm³/mol. The van der Waals surface area contributed by atoms with Crippen LogP contribution in [0.1, 0.15) is 36.7 Å². The van der Waals surface area contributed by atoms with Crippen LogP contribution in [0, 0.1) is 0 Å². The van der Waals surface area contributed by atoms with E-state index >= 15 is 0 Å². The second kappa shape index (κ2) is 14.9. The summed E-state index contributed by atoms with van der Waals surface area (Å²) in [5.41, 5.74) is 4.82. The summed E-state index contributed by atoms with van der Waals surface area (Å²) < 4.78 is 41.0. The second-order valence-corrected chi connectivity index (χ2v) is 12.7. The van der Waals surface area contributed by atoms with E-state index in [2.05, 4.69) is 30.9 Å². The molecule has 2 aliphatic rings. The van der Waals surface area contributed by atoms with Gasteiger partial charge in [0.25, 0.3) is 11.8 Å². The van der Waals surface area contributed by atoms with Crippen molar-refractivity contribution in [3.8, 4) is 28.5 Å². The van der Waals surface area contributed by atoms with Crippen LogP contribution in [-0.2, 0) is 35.0 Å². The maximum atomic E-state index is 13.8. The molecule has 0 spiro atoms. The molecule has 0 bridgehead atoms. The normalized spacial score (nSPS) is 19.4. The van der Waals surface area contributed by atoms with Crippen molar-refractivity contribution in [1.29, 1.82) is 0 Å². The van der Waals surface area contributed by atoms with E-state index in [4.69, 9.17) is 33.2 Å². The molecular formula is C36H37N7O10. The molecule has 2 aliphatic heterocycles. The maximum Gasteiger partial charge on any atom is 0.512 e. The van der Waals surface area contributed by atoms with Crippen molar-refractivity contribution in [2.75, 3.05) is 26.9 Å². The Labute approximate surface area is 302 Å². The van der Waals surface area contributed by atoms with E-state index in [1.54, 1.807) is 22.8 Å². The molecule has 0 unspecified atom stereocenters. The molecule has 3 aromatic carbocycles. The fourth-order valence-corrected chi connectivity index (χ4v) is 6.37. The molecule has 0 saturated carbocycles. The van der Waals surface area contributed by atoms with E-state index in [0.29, 0.717) is 36.0 Å². The fraction of sp³-hybridized carbons (Fsp3) is 0.361. The Bertz CT molecular complexity index is 2100. The number of carbonyl (C=O) groups excluding carboxylic acids is 3. The molecule has 276 valence electrons. The molecule has 2 N–H and O–H groups in total. The first-order chi connectivity index (χ1) is 25.6. The number of rotatable bonds is 11. The van der Waals surface area contributed by atoms with Gasteiger partial charge in [-0.25, -0.2) is 14.4 Å². The number of aromatic nitrogens is 6. The van der Waals surface area contributed by atoms with Crippen LogP contribution in [0.2, 0.25) is 0 Å². The minimum atomic E-state index is -1.74. The topological polar surface area (TPSA) is 200 Å². The third kappa shape index (κ3) is 7.47. The summed E-state index contributed by atoms with van der Waals surface area (Å²) in [5.74, 6) is -2.01. The van der Waals surface area contributed by atoms with Crippen LogP contribution >= 0.6 is 0 Å². The molecule has 7 rings (SSSR count). The Morgan fingerprint density at radius 3 is 2.32 bits per heavy atom. The van der Waals surface area contributed by atoms with E-state index in [1.165, 1.54) is 20.9 Å². The third-order valence-electron chi connectivity index (χ3n) is 8.68. The molecule has 0 aliphatic carbocycles. The first kappa shape index (κ1) is 35.3. The lowest BCUT2D eigenvalue weighted by Crippen LogP contribution is -2.39. The van der Waals surface area contributed by atoms with Crippen LogP contribution < -0.4 is 10.1 Å². The molecule has 4 atom stereocenters. The van der Waals surface area contributed by atoms with E-state index in [0.717, 1.165) is 22.3 Å². The van der Waals surface area contributed by atoms with Gasteiger partial charge in [0.1, 0.15) is 12.2 Å². The van der Waals surface area contributed by atoms with Gasteiger partial charge in [-0.2, -0.15) is 10.2 Å². The van der Waals surface area contributed by atoms with Crippen LogP contribution in [0.5, 0.6) is 6.01 Å². The summed E-state index contributed by atoms with van der Waals surface area (Å²) in [6.45, 7) is 5.43. The summed E-state index contributed by atoms with van der Waals surface area (Å²) in [5, 5.41) is 16.8. The lowest BCUT2D eigenvalue weighted by molar-refractivity contribution is -0.162. The van der Waals surface area contributed by atoms with Crippen molar-refractivity contribution in [3.05, 3.63) is 77.9 Å². The first-order valence-corrected chi connectivity index (χ1v) is 16.9. The molecule has 1 amide bonds. The molecule has 4 heterocycles. The number of H-pyrrole nitrogens is 1. The van der Waals surface area contributed by atoms with Crippen molar-refractivity contribution in [2.45, 2.75) is 57.5 Å². The first-order valence-electron chi connectivity index (χ1n) is 16.9. The standard InChI is InChI=1S/C36H37N7O10/c1-5-47-33-38-25-12-8-11-24(28(25)43(33)17-20-13-15-21(16-14-20)22-9-6-7-10-23(22)31-39-41-42-40-31)32(44)52-36(2,3)53-35(46)51-27-19-49-29-26(18-48-30(27)29)50-34(45)37-4/h6-16,26-27,29-30H,5,17-19H2,1-4H3,(H,37,45)(H,39,40,41,42)/t26-,27-,29-,30-/m1/s1. The molecule has 2 saturated heterocycles. The lowest BCUT2D eigenvalue weighted by atomic mass is 9.98. The number of benzene rings is 3. The minimum Gasteiger partial charge on any atom is -0.465 e. The lowest BCUT2D eigenvalue weighted by Gasteiger charge is -2.26. The molecular weight excluding hydrogens is 690 g/mol. The molecule has 2 fully saturated rings. The molecule has 17 heteroatoms. The summed E-state index contributed by atoms with van der Waals surface area (Å²) in [6.07, 6.45) is -4.48. The maximum absolute atomic E-state index is 13.8. The van der Waals surface area contributed by atoms with Crippen molar-refractivity contribution in [2.24, 2.45) is 0 Å². The summed E-state index contributed by atoms with van der Waals surface area (Å²) in [6, 6.07) is 21.1. The van der Waals surface area contributed by atoms with Crippen LogP contribution in [0.3, 0.4) is 0 Å². The fourth-order valence-electron chi connectivity index (χ4n) is 6.37. The van der Waals surface area contributed by atoms with Gasteiger partial charge < -0.3 is 38.5 Å². The van der Waals surface area contributed by atoms with Gasteiger partial charge in [-0.3, -0.25) is 4.57 Å². The number of fused-ring (bicyclic) bond motifs is 2. The number of nitrogens with zero attached hydrogens (tertiary/aromatic N) is 5. The van der Waals surface area contributed by atoms with E-state index in [-0.39, 0.29) is 18.8 Å². The number of hydrogen-bond donors (Lipinski definition) is 2. The Hall–Kier alpha value is -6.07. The molecule has 17 nitrogen and oxygen atoms in total. The summed E-state index contributed by atoms with van der Waals surface area (Å²) >= 11 is 0. The highest BCUT2D eigenvalue weighted by molar-refractivity contribution is 6.02. The number of hydrogen-bond acceptors (Lipinski definition) is 14. The number of carbonyl (C=O) groups is 3. The number of tetrazole rings is 1. The van der Waals surface area contributed by atoms with Gasteiger partial charge in [-0.05, 0) is 41.0 Å². The highest BCUT2D eigenvalue weighted by atomic mass is 16.8. The number of imidazole rings is 1. The van der Waals surface area contributed by atoms with Gasteiger partial charge in [0.05, 0.1) is 43.0 Å². The monoisotopic (exact) mass is 727 g/mol. The van der Waals surface area contributed by atoms with Gasteiger partial charge in [-0.15, -0.1) is 10.2 Å². The zero-order valence-corrected chi connectivity index (χ0v) is 29.3. The zero-order chi connectivity index (χ0) is 37.1. The van der Waals surface area contributed by atoms with Crippen molar-refractivity contribution >= 4 is 29.3 Å². The minimum absolute atomic E-state index is 0.00266. The average Bonchev–Trinajstić information content (AvgIpc) is 3.96. The molecule has 2 aromatic heterocycles. The van der Waals surface area contributed by atoms with Crippen molar-refractivity contribution in [1.82, 2.24) is 35.5 Å². The number of para-hydroxylation sites is 1. The molecule has 53 heavy (non-hydrogen) atoms. The molecule has 0 radical (unpaired) electrons. The Morgan fingerprint density at radius 2 is 1.64 bits per heavy atom. The van der Waals surface area contributed by atoms with E-state index in [9.17, 15) is 14.4 Å². The largest absolute Gasteiger partial charge is 0.512 e.